The van der Waals surface area contributed by atoms with Crippen molar-refractivity contribution in [1.82, 2.24) is 5.32 Å². The molecule has 0 unspecified atom stereocenters. The van der Waals surface area contributed by atoms with Crippen LogP contribution < -0.4 is 10.1 Å². The Kier molecular flexibility index (Phi) is 4.43. The number of carbonyl (C=O) groups excluding carboxylic acids is 1. The summed E-state index contributed by atoms with van der Waals surface area (Å²) < 4.78 is 24.1. The van der Waals surface area contributed by atoms with E-state index >= 15 is 0 Å². The van der Waals surface area contributed by atoms with Crippen LogP contribution in [0.25, 0.3) is 10.6 Å². The lowest BCUT2D eigenvalue weighted by atomic mass is 10.2. The van der Waals surface area contributed by atoms with Gasteiger partial charge in [0.05, 0.1) is 18.5 Å². The van der Waals surface area contributed by atoms with Gasteiger partial charge in [0, 0.05) is 5.56 Å². The first-order valence-corrected chi connectivity index (χ1v) is 7.79. The molecule has 0 radical (unpaired) electrons. The van der Waals surface area contributed by atoms with Crippen LogP contribution in [-0.4, -0.2) is 13.0 Å². The van der Waals surface area contributed by atoms with Crippen molar-refractivity contribution in [1.29, 1.82) is 0 Å². The second-order valence-corrected chi connectivity index (χ2v) is 5.72. The van der Waals surface area contributed by atoms with Gasteiger partial charge in [0.25, 0.3) is 5.91 Å². The lowest BCUT2D eigenvalue weighted by Gasteiger charge is -2.06. The maximum atomic E-state index is 13.6. The predicted octanol–water partition coefficient (Wildman–Crippen LogP) is 4.09. The minimum absolute atomic E-state index is 0.105. The highest BCUT2D eigenvalue weighted by atomic mass is 32.1. The summed E-state index contributed by atoms with van der Waals surface area (Å²) in [6, 6.07) is 11.7. The molecule has 0 saturated heterocycles. The zero-order valence-corrected chi connectivity index (χ0v) is 13.2. The highest BCUT2D eigenvalue weighted by Crippen LogP contribution is 2.26. The first-order valence-electron chi connectivity index (χ1n) is 6.91. The zero-order chi connectivity index (χ0) is 16.2. The summed E-state index contributed by atoms with van der Waals surface area (Å²) in [4.78, 5) is 13.1. The average Bonchev–Trinajstić information content (AvgIpc) is 3.23. The molecule has 1 amide bonds. The summed E-state index contributed by atoms with van der Waals surface area (Å²) in [5.74, 6) is 0.558. The molecule has 0 bridgehead atoms. The van der Waals surface area contributed by atoms with Crippen LogP contribution in [0.1, 0.15) is 16.1 Å². The molecule has 0 aliphatic carbocycles. The fourth-order valence-electron chi connectivity index (χ4n) is 2.10. The summed E-state index contributed by atoms with van der Waals surface area (Å²) in [5.41, 5.74) is 0.230. The Bertz CT molecular complexity index is 811. The molecule has 0 spiro atoms. The van der Waals surface area contributed by atoms with Crippen LogP contribution in [0.2, 0.25) is 0 Å². The maximum Gasteiger partial charge on any atom is 0.251 e. The van der Waals surface area contributed by atoms with Crippen molar-refractivity contribution in [2.45, 2.75) is 6.54 Å². The molecule has 3 rings (SSSR count). The van der Waals surface area contributed by atoms with E-state index in [0.29, 0.717) is 5.76 Å². The van der Waals surface area contributed by atoms with Gasteiger partial charge in [-0.05, 0) is 41.8 Å². The predicted molar refractivity (Wildman–Crippen MR) is 86.1 cm³/mol. The number of hydrogen-bond donors (Lipinski definition) is 1. The van der Waals surface area contributed by atoms with Gasteiger partial charge in [-0.15, -0.1) is 11.3 Å². The van der Waals surface area contributed by atoms with E-state index in [2.05, 4.69) is 5.32 Å². The molecule has 118 valence electrons. The van der Waals surface area contributed by atoms with E-state index in [0.717, 1.165) is 16.7 Å². The number of rotatable bonds is 5. The summed E-state index contributed by atoms with van der Waals surface area (Å²) in [7, 11) is 1.38. The van der Waals surface area contributed by atoms with Gasteiger partial charge in [0.1, 0.15) is 11.5 Å². The number of nitrogens with one attached hydrogen (secondary N) is 1. The van der Waals surface area contributed by atoms with E-state index in [1.165, 1.54) is 19.2 Å². The highest BCUT2D eigenvalue weighted by molar-refractivity contribution is 7.13. The Hall–Kier alpha value is -2.60. The third-order valence-corrected chi connectivity index (χ3v) is 4.15. The average molecular weight is 331 g/mol. The molecule has 1 N–H and O–H groups in total. The van der Waals surface area contributed by atoms with Crippen molar-refractivity contribution >= 4 is 17.2 Å². The van der Waals surface area contributed by atoms with E-state index in [1.807, 2.05) is 29.6 Å². The van der Waals surface area contributed by atoms with Gasteiger partial charge in [0.15, 0.2) is 11.6 Å². The first-order chi connectivity index (χ1) is 11.2. The summed E-state index contributed by atoms with van der Waals surface area (Å²) in [5, 5.41) is 4.67. The van der Waals surface area contributed by atoms with Crippen LogP contribution >= 0.6 is 11.3 Å². The number of hydrogen-bond acceptors (Lipinski definition) is 4. The third kappa shape index (κ3) is 3.43. The van der Waals surface area contributed by atoms with Crippen LogP contribution in [-0.2, 0) is 6.54 Å². The highest BCUT2D eigenvalue weighted by Gasteiger charge is 2.11. The number of methoxy groups -OCH3 is 1. The number of benzene rings is 1. The molecule has 3 aromatic rings. The van der Waals surface area contributed by atoms with E-state index < -0.39 is 5.82 Å². The zero-order valence-electron chi connectivity index (χ0n) is 12.3. The van der Waals surface area contributed by atoms with Crippen molar-refractivity contribution in [3.63, 3.8) is 0 Å². The van der Waals surface area contributed by atoms with Crippen molar-refractivity contribution in [2.24, 2.45) is 0 Å². The number of furan rings is 1. The third-order valence-electron chi connectivity index (χ3n) is 3.26. The Labute approximate surface area is 136 Å². The van der Waals surface area contributed by atoms with Gasteiger partial charge in [-0.25, -0.2) is 4.39 Å². The van der Waals surface area contributed by atoms with E-state index in [1.54, 1.807) is 11.3 Å². The molecular weight excluding hydrogens is 317 g/mol. The molecule has 0 aliphatic heterocycles. The molecule has 2 aromatic heterocycles. The molecule has 6 heteroatoms. The SMILES string of the molecule is COc1ccc(C(=O)NCc2ccc(-c3cccs3)o2)cc1F. The number of ether oxygens (including phenoxy) is 1. The lowest BCUT2D eigenvalue weighted by molar-refractivity contribution is 0.0947. The van der Waals surface area contributed by atoms with E-state index in [-0.39, 0.29) is 23.8 Å². The fraction of sp³-hybridized carbons (Fsp3) is 0.118. The molecule has 0 atom stereocenters. The number of halogens is 1. The minimum Gasteiger partial charge on any atom is -0.494 e. The first kappa shape index (κ1) is 15.3. The molecule has 4 nitrogen and oxygen atoms in total. The van der Waals surface area contributed by atoms with Gasteiger partial charge in [-0.1, -0.05) is 6.07 Å². The van der Waals surface area contributed by atoms with Crippen molar-refractivity contribution in [3.8, 4) is 16.4 Å². The second kappa shape index (κ2) is 6.66. The minimum atomic E-state index is -0.571. The quantitative estimate of drug-likeness (QED) is 0.766. The topological polar surface area (TPSA) is 51.5 Å². The summed E-state index contributed by atoms with van der Waals surface area (Å²) in [6.07, 6.45) is 0. The molecule has 0 aliphatic rings. The van der Waals surface area contributed by atoms with Gasteiger partial charge in [-0.3, -0.25) is 4.79 Å². The number of thiophene rings is 1. The monoisotopic (exact) mass is 331 g/mol. The maximum absolute atomic E-state index is 13.6. The standard InChI is InChI=1S/C17H14FNO3S/c1-21-14-6-4-11(9-13(14)18)17(20)19-10-12-5-7-15(22-12)16-3-2-8-23-16/h2-9H,10H2,1H3,(H,19,20). The lowest BCUT2D eigenvalue weighted by Crippen LogP contribution is -2.22. The second-order valence-electron chi connectivity index (χ2n) is 4.78. The Morgan fingerprint density at radius 1 is 1.30 bits per heavy atom. The molecule has 0 fully saturated rings. The normalized spacial score (nSPS) is 10.5. The molecule has 2 heterocycles. The van der Waals surface area contributed by atoms with Gasteiger partial charge >= 0.3 is 0 Å². The van der Waals surface area contributed by atoms with Crippen LogP contribution in [0.5, 0.6) is 5.75 Å². The van der Waals surface area contributed by atoms with Crippen molar-refractivity contribution in [2.75, 3.05) is 7.11 Å². The van der Waals surface area contributed by atoms with Gasteiger partial charge < -0.3 is 14.5 Å². The van der Waals surface area contributed by atoms with Crippen LogP contribution in [0.3, 0.4) is 0 Å². The summed E-state index contributed by atoms with van der Waals surface area (Å²) >= 11 is 1.58. The van der Waals surface area contributed by atoms with Crippen LogP contribution in [0, 0.1) is 5.82 Å². The van der Waals surface area contributed by atoms with Crippen LogP contribution in [0.15, 0.2) is 52.3 Å². The van der Waals surface area contributed by atoms with Gasteiger partial charge in [0.2, 0.25) is 0 Å². The summed E-state index contributed by atoms with van der Waals surface area (Å²) in [6.45, 7) is 0.234. The molecule has 1 aromatic carbocycles. The smallest absolute Gasteiger partial charge is 0.251 e. The van der Waals surface area contributed by atoms with Crippen molar-refractivity contribution in [3.05, 3.63) is 65.0 Å². The fourth-order valence-corrected chi connectivity index (χ4v) is 2.79. The molecular formula is C17H14FNO3S. The van der Waals surface area contributed by atoms with E-state index in [9.17, 15) is 9.18 Å². The van der Waals surface area contributed by atoms with Gasteiger partial charge in [-0.2, -0.15) is 0 Å². The Morgan fingerprint density at radius 2 is 2.17 bits per heavy atom. The Morgan fingerprint density at radius 3 is 2.87 bits per heavy atom. The van der Waals surface area contributed by atoms with Crippen molar-refractivity contribution < 1.29 is 18.3 Å². The van der Waals surface area contributed by atoms with E-state index in [4.69, 9.17) is 9.15 Å². The molecule has 23 heavy (non-hydrogen) atoms. The number of carbonyl (C=O) groups is 1. The Balaban J connectivity index is 1.64. The largest absolute Gasteiger partial charge is 0.494 e. The van der Waals surface area contributed by atoms with Crippen LogP contribution in [0.4, 0.5) is 4.39 Å². The molecule has 0 saturated carbocycles. The number of amides is 1.